The Labute approximate surface area is 176 Å². The quantitative estimate of drug-likeness (QED) is 0.652. The first kappa shape index (κ1) is 23.2. The highest BCUT2D eigenvalue weighted by Gasteiger charge is 2.32. The fourth-order valence-electron chi connectivity index (χ4n) is 3.17. The van der Waals surface area contributed by atoms with Gasteiger partial charge in [-0.15, -0.1) is 0 Å². The van der Waals surface area contributed by atoms with Gasteiger partial charge >= 0.3 is 0 Å². The molecule has 0 heterocycles. The SMILES string of the molecule is CC[C@H](NC(=O)[C@H](CC)N(c1ccc(F)c(Cl)c1)S(C)(=O)=O)c1ccc(C)cc1. The average Bonchev–Trinajstić information content (AvgIpc) is 2.66. The number of amides is 1. The van der Waals surface area contributed by atoms with Gasteiger partial charge < -0.3 is 5.32 Å². The van der Waals surface area contributed by atoms with Gasteiger partial charge in [-0.2, -0.15) is 0 Å². The summed E-state index contributed by atoms with van der Waals surface area (Å²) in [6, 6.07) is 10.2. The molecule has 2 aromatic rings. The number of aryl methyl sites for hydroxylation is 1. The van der Waals surface area contributed by atoms with Gasteiger partial charge in [-0.1, -0.05) is 55.3 Å². The largest absolute Gasteiger partial charge is 0.347 e. The summed E-state index contributed by atoms with van der Waals surface area (Å²) in [7, 11) is -3.83. The highest BCUT2D eigenvalue weighted by atomic mass is 35.5. The summed E-state index contributed by atoms with van der Waals surface area (Å²) >= 11 is 5.84. The Morgan fingerprint density at radius 1 is 1.14 bits per heavy atom. The number of hydrogen-bond acceptors (Lipinski definition) is 3. The molecule has 8 heteroatoms. The molecule has 0 fully saturated rings. The van der Waals surface area contributed by atoms with Crippen molar-refractivity contribution in [2.24, 2.45) is 0 Å². The number of carbonyl (C=O) groups excluding carboxylic acids is 1. The number of anilines is 1. The predicted molar refractivity (Wildman–Crippen MR) is 115 cm³/mol. The molecule has 0 spiro atoms. The van der Waals surface area contributed by atoms with Gasteiger partial charge in [-0.05, 0) is 43.5 Å². The maximum Gasteiger partial charge on any atom is 0.244 e. The van der Waals surface area contributed by atoms with Crippen LogP contribution in [0.5, 0.6) is 0 Å². The summed E-state index contributed by atoms with van der Waals surface area (Å²) in [5, 5.41) is 2.74. The fraction of sp³-hybridized carbons (Fsp3) is 0.381. The highest BCUT2D eigenvalue weighted by molar-refractivity contribution is 7.92. The van der Waals surface area contributed by atoms with Crippen molar-refractivity contribution in [1.29, 1.82) is 0 Å². The molecule has 0 aliphatic heterocycles. The van der Waals surface area contributed by atoms with E-state index in [2.05, 4.69) is 5.32 Å². The van der Waals surface area contributed by atoms with Gasteiger partial charge in [0.05, 0.1) is 23.0 Å². The van der Waals surface area contributed by atoms with E-state index in [0.29, 0.717) is 6.42 Å². The number of nitrogens with one attached hydrogen (secondary N) is 1. The molecule has 0 saturated carbocycles. The molecule has 2 rings (SSSR count). The van der Waals surface area contributed by atoms with Gasteiger partial charge in [0, 0.05) is 0 Å². The number of benzene rings is 2. The Morgan fingerprint density at radius 3 is 2.24 bits per heavy atom. The maximum atomic E-state index is 13.6. The van der Waals surface area contributed by atoms with Crippen LogP contribution in [0.3, 0.4) is 0 Å². The van der Waals surface area contributed by atoms with Crippen LogP contribution in [0.25, 0.3) is 0 Å². The van der Waals surface area contributed by atoms with E-state index in [1.165, 1.54) is 12.1 Å². The third-order valence-corrected chi connectivity index (χ3v) is 6.16. The van der Waals surface area contributed by atoms with Crippen molar-refractivity contribution in [3.63, 3.8) is 0 Å². The summed E-state index contributed by atoms with van der Waals surface area (Å²) in [6.07, 6.45) is 1.89. The summed E-state index contributed by atoms with van der Waals surface area (Å²) in [5.74, 6) is -1.09. The van der Waals surface area contributed by atoms with Crippen molar-refractivity contribution in [2.75, 3.05) is 10.6 Å². The molecule has 0 radical (unpaired) electrons. The average molecular weight is 441 g/mol. The molecular weight excluding hydrogens is 415 g/mol. The second kappa shape index (κ2) is 9.59. The lowest BCUT2D eigenvalue weighted by Crippen LogP contribution is -2.50. The first-order chi connectivity index (χ1) is 13.6. The molecule has 29 heavy (non-hydrogen) atoms. The standard InChI is InChI=1S/C21H26ClFN2O3S/c1-5-19(15-9-7-14(3)8-10-15)24-21(26)20(6-2)25(29(4,27)28)16-11-12-18(23)17(22)13-16/h7-13,19-20H,5-6H2,1-4H3,(H,24,26)/t19-,20-/m0/s1. The predicted octanol–water partition coefficient (Wildman–Crippen LogP) is 4.60. The van der Waals surface area contributed by atoms with E-state index in [9.17, 15) is 17.6 Å². The lowest BCUT2D eigenvalue weighted by Gasteiger charge is -2.31. The van der Waals surface area contributed by atoms with E-state index < -0.39 is 27.8 Å². The third kappa shape index (κ3) is 5.70. The van der Waals surface area contributed by atoms with Gasteiger partial charge in [0.25, 0.3) is 0 Å². The van der Waals surface area contributed by atoms with Gasteiger partial charge in [-0.3, -0.25) is 9.10 Å². The number of rotatable bonds is 8. The van der Waals surface area contributed by atoms with Crippen molar-refractivity contribution in [2.45, 2.75) is 45.7 Å². The van der Waals surface area contributed by atoms with Crippen molar-refractivity contribution < 1.29 is 17.6 Å². The van der Waals surface area contributed by atoms with Crippen molar-refractivity contribution in [3.8, 4) is 0 Å². The number of halogens is 2. The normalized spacial score (nSPS) is 13.6. The first-order valence-electron chi connectivity index (χ1n) is 9.39. The molecule has 0 aromatic heterocycles. The summed E-state index contributed by atoms with van der Waals surface area (Å²) in [6.45, 7) is 5.65. The minimum absolute atomic E-state index is 0.143. The maximum absolute atomic E-state index is 13.6. The molecule has 2 aromatic carbocycles. The Kier molecular flexibility index (Phi) is 7.66. The molecule has 0 bridgehead atoms. The zero-order chi connectivity index (χ0) is 21.8. The lowest BCUT2D eigenvalue weighted by molar-refractivity contribution is -0.123. The van der Waals surface area contributed by atoms with Gasteiger partial charge in [0.2, 0.25) is 15.9 Å². The molecule has 1 N–H and O–H groups in total. The van der Waals surface area contributed by atoms with E-state index in [1.54, 1.807) is 6.92 Å². The Bertz CT molecular complexity index is 964. The zero-order valence-electron chi connectivity index (χ0n) is 16.9. The van der Waals surface area contributed by atoms with Gasteiger partial charge in [-0.25, -0.2) is 12.8 Å². The van der Waals surface area contributed by atoms with Crippen LogP contribution in [0, 0.1) is 12.7 Å². The highest BCUT2D eigenvalue weighted by Crippen LogP contribution is 2.28. The zero-order valence-corrected chi connectivity index (χ0v) is 18.5. The molecular formula is C21H26ClFN2O3S. The summed E-state index contributed by atoms with van der Waals surface area (Å²) < 4.78 is 39.6. The Hall–Kier alpha value is -2.12. The molecule has 2 atom stereocenters. The molecule has 0 saturated heterocycles. The van der Waals surface area contributed by atoms with Crippen molar-refractivity contribution in [1.82, 2.24) is 5.32 Å². The van der Waals surface area contributed by atoms with E-state index >= 15 is 0 Å². The third-order valence-electron chi connectivity index (χ3n) is 4.69. The Morgan fingerprint density at radius 2 is 1.76 bits per heavy atom. The van der Waals surface area contributed by atoms with Crippen LogP contribution in [-0.2, 0) is 14.8 Å². The van der Waals surface area contributed by atoms with Crippen LogP contribution in [0.1, 0.15) is 43.9 Å². The molecule has 5 nitrogen and oxygen atoms in total. The summed E-state index contributed by atoms with van der Waals surface area (Å²) in [4.78, 5) is 13.1. The number of sulfonamides is 1. The topological polar surface area (TPSA) is 66.5 Å². The second-order valence-corrected chi connectivity index (χ2v) is 9.23. The van der Waals surface area contributed by atoms with E-state index in [0.717, 1.165) is 27.8 Å². The van der Waals surface area contributed by atoms with Crippen LogP contribution in [0.2, 0.25) is 5.02 Å². The van der Waals surface area contributed by atoms with Crippen LogP contribution < -0.4 is 9.62 Å². The van der Waals surface area contributed by atoms with Crippen LogP contribution in [0.15, 0.2) is 42.5 Å². The van der Waals surface area contributed by atoms with E-state index in [4.69, 9.17) is 11.6 Å². The van der Waals surface area contributed by atoms with E-state index in [1.807, 2.05) is 38.1 Å². The lowest BCUT2D eigenvalue weighted by atomic mass is 10.0. The van der Waals surface area contributed by atoms with Crippen LogP contribution >= 0.6 is 11.6 Å². The van der Waals surface area contributed by atoms with Crippen LogP contribution in [0.4, 0.5) is 10.1 Å². The second-order valence-electron chi connectivity index (χ2n) is 6.96. The monoisotopic (exact) mass is 440 g/mol. The number of carbonyl (C=O) groups is 1. The smallest absolute Gasteiger partial charge is 0.244 e. The minimum atomic E-state index is -3.83. The number of nitrogens with zero attached hydrogens (tertiary/aromatic N) is 1. The first-order valence-corrected chi connectivity index (χ1v) is 11.6. The number of hydrogen-bond donors (Lipinski definition) is 1. The van der Waals surface area contributed by atoms with Crippen molar-refractivity contribution >= 4 is 33.2 Å². The fourth-order valence-corrected chi connectivity index (χ4v) is 4.55. The minimum Gasteiger partial charge on any atom is -0.347 e. The Balaban J connectivity index is 2.36. The van der Waals surface area contributed by atoms with E-state index in [-0.39, 0.29) is 23.2 Å². The van der Waals surface area contributed by atoms with Crippen molar-refractivity contribution in [3.05, 3.63) is 64.4 Å². The van der Waals surface area contributed by atoms with Crippen LogP contribution in [-0.4, -0.2) is 26.6 Å². The molecule has 0 aliphatic rings. The van der Waals surface area contributed by atoms with Gasteiger partial charge in [0.15, 0.2) is 0 Å². The molecule has 0 unspecified atom stereocenters. The summed E-state index contributed by atoms with van der Waals surface area (Å²) in [5.41, 5.74) is 2.19. The molecule has 158 valence electrons. The molecule has 1 amide bonds. The molecule has 0 aliphatic carbocycles. The van der Waals surface area contributed by atoms with Gasteiger partial charge in [0.1, 0.15) is 11.9 Å².